The van der Waals surface area contributed by atoms with Crippen LogP contribution in [0.5, 0.6) is 0 Å². The van der Waals surface area contributed by atoms with E-state index in [0.29, 0.717) is 31.4 Å². The summed E-state index contributed by atoms with van der Waals surface area (Å²) < 4.78 is 45.1. The second-order valence-corrected chi connectivity index (χ2v) is 10.3. The van der Waals surface area contributed by atoms with Crippen molar-refractivity contribution in [2.24, 2.45) is 10.7 Å². The Morgan fingerprint density at radius 1 is 0.923 bits per heavy atom. The standard InChI is InChI=1S/C16H29N3O.C12H14F3N.CH4.2H2O/c1-4-8-18-16-7-5-6-14(16)15(17)11-19-9-12(2)20-13(3)10-19;13-9-7-11(15)12(8-10(9)14)16-5-3-1-2-4-6-16;;;/h12-13H,4-11,17H2,1-3H3;7-8H,1-6H2;1H4;2*1H2/b15-14-,18-16?;;;;/t12-,13+;;;;. The average molecular weight is 561 g/mol. The van der Waals surface area contributed by atoms with Crippen LogP contribution < -0.4 is 10.6 Å². The van der Waals surface area contributed by atoms with Gasteiger partial charge in [-0.15, -0.1) is 0 Å². The predicted molar refractivity (Wildman–Crippen MR) is 155 cm³/mol. The molecule has 3 aliphatic rings. The maximum atomic E-state index is 13.5. The van der Waals surface area contributed by atoms with E-state index >= 15 is 0 Å². The molecule has 39 heavy (non-hydrogen) atoms. The molecule has 3 fully saturated rings. The number of hydrogen-bond donors (Lipinski definition) is 1. The summed E-state index contributed by atoms with van der Waals surface area (Å²) in [5.74, 6) is -2.79. The third kappa shape index (κ3) is 11.1. The number of aliphatic imine (C=N–C) groups is 1. The minimum absolute atomic E-state index is 0. The number of morpholine rings is 1. The monoisotopic (exact) mass is 560 g/mol. The van der Waals surface area contributed by atoms with Crippen LogP contribution in [-0.4, -0.2) is 73.0 Å². The predicted octanol–water partition coefficient (Wildman–Crippen LogP) is 4.81. The molecule has 4 rings (SSSR count). The number of rotatable bonds is 5. The van der Waals surface area contributed by atoms with Gasteiger partial charge >= 0.3 is 0 Å². The fraction of sp³-hybridized carbons (Fsp3) is 0.690. The Balaban J connectivity index is 0.000000701. The summed E-state index contributed by atoms with van der Waals surface area (Å²) in [4.78, 5) is 8.91. The average Bonchev–Trinajstić information content (AvgIpc) is 3.13. The van der Waals surface area contributed by atoms with Gasteiger partial charge in [0.15, 0.2) is 11.6 Å². The molecular formula is C29H51F3N4O3. The van der Waals surface area contributed by atoms with E-state index in [-0.39, 0.29) is 24.1 Å². The highest BCUT2D eigenvalue weighted by molar-refractivity contribution is 6.02. The zero-order valence-electron chi connectivity index (χ0n) is 23.2. The van der Waals surface area contributed by atoms with Crippen LogP contribution in [-0.2, 0) is 4.74 Å². The molecule has 1 saturated carbocycles. The normalized spacial score (nSPS) is 23.9. The number of ether oxygens (including phenoxy) is 1. The van der Waals surface area contributed by atoms with E-state index in [1.807, 2.05) is 0 Å². The largest absolute Gasteiger partial charge is 0.412 e. The number of benzene rings is 1. The van der Waals surface area contributed by atoms with E-state index in [1.165, 1.54) is 17.7 Å². The summed E-state index contributed by atoms with van der Waals surface area (Å²) in [7, 11) is 0. The van der Waals surface area contributed by atoms with Crippen LogP contribution in [0.25, 0.3) is 0 Å². The summed E-state index contributed by atoms with van der Waals surface area (Å²) in [6.45, 7) is 11.6. The van der Waals surface area contributed by atoms with Crippen LogP contribution in [0.4, 0.5) is 18.9 Å². The first-order valence-corrected chi connectivity index (χ1v) is 13.6. The Labute approximate surface area is 232 Å². The van der Waals surface area contributed by atoms with Gasteiger partial charge in [-0.05, 0) is 57.9 Å². The first-order chi connectivity index (χ1) is 17.3. The van der Waals surface area contributed by atoms with E-state index in [4.69, 9.17) is 15.5 Å². The molecule has 1 aromatic rings. The Bertz CT molecular complexity index is 911. The van der Waals surface area contributed by atoms with E-state index in [2.05, 4.69) is 25.7 Å². The van der Waals surface area contributed by atoms with Gasteiger partial charge in [0.05, 0.1) is 17.9 Å². The van der Waals surface area contributed by atoms with Gasteiger partial charge in [0.2, 0.25) is 0 Å². The van der Waals surface area contributed by atoms with Crippen LogP contribution in [0, 0.1) is 17.5 Å². The van der Waals surface area contributed by atoms with Gasteiger partial charge < -0.3 is 26.3 Å². The minimum Gasteiger partial charge on any atom is -0.412 e. The Kier molecular flexibility index (Phi) is 17.3. The lowest BCUT2D eigenvalue weighted by molar-refractivity contribution is -0.0653. The SMILES string of the molecule is C.CCCN=C1CCC/C1=C(/N)CN1C[C@@H](C)O[C@@H](C)C1.Fc1cc(F)c(N2CCCCCC2)cc1F.O.O. The van der Waals surface area contributed by atoms with Crippen molar-refractivity contribution in [1.82, 2.24) is 4.90 Å². The number of hydrogen-bond acceptors (Lipinski definition) is 5. The van der Waals surface area contributed by atoms with Crippen molar-refractivity contribution >= 4 is 11.4 Å². The third-order valence-corrected chi connectivity index (χ3v) is 6.93. The van der Waals surface area contributed by atoms with Gasteiger partial charge in [-0.2, -0.15) is 0 Å². The summed E-state index contributed by atoms with van der Waals surface area (Å²) >= 11 is 0. The Morgan fingerprint density at radius 3 is 2.10 bits per heavy atom. The molecule has 2 atom stereocenters. The number of nitrogens with zero attached hydrogens (tertiary/aromatic N) is 3. The van der Waals surface area contributed by atoms with Gasteiger partial charge in [0, 0.05) is 62.8 Å². The quantitative estimate of drug-likeness (QED) is 0.520. The molecule has 2 aliphatic heterocycles. The molecule has 0 spiro atoms. The maximum absolute atomic E-state index is 13.5. The number of allylic oxidation sites excluding steroid dienone is 1. The highest BCUT2D eigenvalue weighted by atomic mass is 19.2. The molecule has 2 heterocycles. The molecule has 10 heteroatoms. The molecule has 1 aliphatic carbocycles. The van der Waals surface area contributed by atoms with Crippen molar-refractivity contribution in [3.05, 3.63) is 40.9 Å². The third-order valence-electron chi connectivity index (χ3n) is 6.93. The lowest BCUT2D eigenvalue weighted by Gasteiger charge is -2.35. The van der Waals surface area contributed by atoms with Crippen LogP contribution in [0.3, 0.4) is 0 Å². The molecule has 0 amide bonds. The van der Waals surface area contributed by atoms with Crippen molar-refractivity contribution in [2.75, 3.05) is 44.2 Å². The second-order valence-electron chi connectivity index (χ2n) is 10.3. The van der Waals surface area contributed by atoms with Gasteiger partial charge in [0.25, 0.3) is 0 Å². The van der Waals surface area contributed by atoms with Crippen LogP contribution >= 0.6 is 0 Å². The van der Waals surface area contributed by atoms with Crippen LogP contribution in [0.2, 0.25) is 0 Å². The lowest BCUT2D eigenvalue weighted by atomic mass is 10.1. The van der Waals surface area contributed by atoms with Crippen molar-refractivity contribution in [3.8, 4) is 0 Å². The summed E-state index contributed by atoms with van der Waals surface area (Å²) in [5, 5.41) is 0. The van der Waals surface area contributed by atoms with Crippen molar-refractivity contribution in [1.29, 1.82) is 0 Å². The van der Waals surface area contributed by atoms with E-state index in [1.54, 1.807) is 4.90 Å². The van der Waals surface area contributed by atoms with Crippen molar-refractivity contribution in [3.63, 3.8) is 0 Å². The topological polar surface area (TPSA) is 117 Å². The van der Waals surface area contributed by atoms with E-state index < -0.39 is 17.5 Å². The molecule has 7 nitrogen and oxygen atoms in total. The van der Waals surface area contributed by atoms with Gasteiger partial charge in [-0.1, -0.05) is 27.2 Å². The molecule has 0 radical (unpaired) electrons. The molecule has 6 N–H and O–H groups in total. The fourth-order valence-corrected chi connectivity index (χ4v) is 5.31. The smallest absolute Gasteiger partial charge is 0.161 e. The zero-order chi connectivity index (χ0) is 26.1. The van der Waals surface area contributed by atoms with Gasteiger partial charge in [-0.25, -0.2) is 13.2 Å². The second kappa shape index (κ2) is 18.3. The molecule has 1 aromatic carbocycles. The molecule has 0 aromatic heterocycles. The molecule has 0 bridgehead atoms. The van der Waals surface area contributed by atoms with Gasteiger partial charge in [0.1, 0.15) is 5.82 Å². The van der Waals surface area contributed by atoms with E-state index in [9.17, 15) is 13.2 Å². The van der Waals surface area contributed by atoms with Crippen molar-refractivity contribution in [2.45, 2.75) is 91.8 Å². The molecular weight excluding hydrogens is 509 g/mol. The number of anilines is 1. The van der Waals surface area contributed by atoms with Crippen LogP contribution in [0.15, 0.2) is 28.4 Å². The Morgan fingerprint density at radius 2 is 1.51 bits per heavy atom. The fourth-order valence-electron chi connectivity index (χ4n) is 5.31. The van der Waals surface area contributed by atoms with Crippen LogP contribution in [0.1, 0.15) is 79.6 Å². The zero-order valence-corrected chi connectivity index (χ0v) is 23.2. The number of halogens is 3. The Hall–Kier alpha value is -2.14. The first kappa shape index (κ1) is 36.9. The molecule has 226 valence electrons. The maximum Gasteiger partial charge on any atom is 0.161 e. The summed E-state index contributed by atoms with van der Waals surface area (Å²) in [6.07, 6.45) is 9.28. The summed E-state index contributed by atoms with van der Waals surface area (Å²) in [5.41, 5.74) is 10.2. The molecule has 0 unspecified atom stereocenters. The molecule has 2 saturated heterocycles. The minimum atomic E-state index is -1.13. The summed E-state index contributed by atoms with van der Waals surface area (Å²) in [6, 6.07) is 1.57. The van der Waals surface area contributed by atoms with Gasteiger partial charge in [-0.3, -0.25) is 9.89 Å². The highest BCUT2D eigenvalue weighted by Crippen LogP contribution is 2.26. The first-order valence-electron chi connectivity index (χ1n) is 13.6. The number of nitrogens with two attached hydrogens (primary N) is 1. The van der Waals surface area contributed by atoms with E-state index in [0.717, 1.165) is 82.9 Å². The highest BCUT2D eigenvalue weighted by Gasteiger charge is 2.25. The lowest BCUT2D eigenvalue weighted by Crippen LogP contribution is -2.46. The van der Waals surface area contributed by atoms with Crippen molar-refractivity contribution < 1.29 is 28.9 Å².